The van der Waals surface area contributed by atoms with Crippen molar-refractivity contribution in [1.82, 2.24) is 15.2 Å². The number of amides is 1. The van der Waals surface area contributed by atoms with E-state index in [-0.39, 0.29) is 11.9 Å². The van der Waals surface area contributed by atoms with Gasteiger partial charge in [-0.2, -0.15) is 0 Å². The molecule has 0 saturated carbocycles. The molecule has 22 heavy (non-hydrogen) atoms. The first kappa shape index (κ1) is 17.4. The first-order chi connectivity index (χ1) is 10.6. The zero-order valence-corrected chi connectivity index (χ0v) is 14.9. The molecule has 2 rings (SSSR count). The number of nitrogens with zero attached hydrogens (tertiary/aromatic N) is 2. The van der Waals surface area contributed by atoms with Gasteiger partial charge in [0.05, 0.1) is 16.7 Å². The Kier molecular flexibility index (Phi) is 6.83. The van der Waals surface area contributed by atoms with Crippen molar-refractivity contribution in [2.75, 3.05) is 19.6 Å². The Morgan fingerprint density at radius 2 is 1.95 bits per heavy atom. The molecule has 1 saturated heterocycles. The van der Waals surface area contributed by atoms with Gasteiger partial charge in [-0.3, -0.25) is 9.69 Å². The van der Waals surface area contributed by atoms with Gasteiger partial charge in [0.2, 0.25) is 5.91 Å². The zero-order chi connectivity index (χ0) is 15.9. The molecule has 1 aliphatic heterocycles. The molecule has 5 heteroatoms. The first-order valence-electron chi connectivity index (χ1n) is 8.54. The third-order valence-corrected chi connectivity index (χ3v) is 5.51. The topological polar surface area (TPSA) is 45.2 Å². The molecule has 1 aliphatic rings. The van der Waals surface area contributed by atoms with Crippen LogP contribution in [0.5, 0.6) is 0 Å². The molecule has 1 aromatic heterocycles. The average molecular weight is 324 g/mol. The highest BCUT2D eigenvalue weighted by Gasteiger charge is 2.21. The predicted molar refractivity (Wildman–Crippen MR) is 92.4 cm³/mol. The lowest BCUT2D eigenvalue weighted by molar-refractivity contribution is -0.125. The van der Waals surface area contributed by atoms with E-state index in [0.717, 1.165) is 25.2 Å². The fourth-order valence-electron chi connectivity index (χ4n) is 2.81. The van der Waals surface area contributed by atoms with Gasteiger partial charge in [-0.25, -0.2) is 4.98 Å². The van der Waals surface area contributed by atoms with E-state index in [1.807, 2.05) is 6.92 Å². The number of hydrogen-bond acceptors (Lipinski definition) is 4. The summed E-state index contributed by atoms with van der Waals surface area (Å²) in [5, 5.41) is 6.36. The number of nitrogens with one attached hydrogen (secondary N) is 1. The lowest BCUT2D eigenvalue weighted by atomic mass is 10.2. The number of thiazole rings is 1. The van der Waals surface area contributed by atoms with E-state index >= 15 is 0 Å². The number of carbonyl (C=O) groups excluding carboxylic acids is 1. The van der Waals surface area contributed by atoms with Gasteiger partial charge in [-0.15, -0.1) is 11.3 Å². The lowest BCUT2D eigenvalue weighted by Crippen LogP contribution is -2.46. The maximum absolute atomic E-state index is 12.3. The highest BCUT2D eigenvalue weighted by Crippen LogP contribution is 2.19. The van der Waals surface area contributed by atoms with E-state index in [9.17, 15) is 4.79 Å². The average Bonchev–Trinajstić information content (AvgIpc) is 2.81. The second-order valence-electron chi connectivity index (χ2n) is 6.50. The predicted octanol–water partition coefficient (Wildman–Crippen LogP) is 3.19. The number of likely N-dealkylation sites (tertiary alicyclic amines) is 1. The van der Waals surface area contributed by atoms with Crippen molar-refractivity contribution >= 4 is 17.2 Å². The summed E-state index contributed by atoms with van der Waals surface area (Å²) < 4.78 is 0. The molecule has 1 fully saturated rings. The molecule has 4 nitrogen and oxygen atoms in total. The quantitative estimate of drug-likeness (QED) is 0.874. The Bertz CT molecular complexity index is 464. The normalized spacial score (nSPS) is 18.2. The molecule has 0 aromatic carbocycles. The summed E-state index contributed by atoms with van der Waals surface area (Å²) >= 11 is 1.72. The second kappa shape index (κ2) is 8.63. The zero-order valence-electron chi connectivity index (χ0n) is 14.1. The summed E-state index contributed by atoms with van der Waals surface area (Å²) in [7, 11) is 0. The van der Waals surface area contributed by atoms with Crippen LogP contribution in [0.25, 0.3) is 0 Å². The third-order valence-electron chi connectivity index (χ3n) is 4.31. The molecular formula is C17H29N3OS. The Balaban J connectivity index is 1.74. The van der Waals surface area contributed by atoms with Crippen molar-refractivity contribution in [1.29, 1.82) is 0 Å². The van der Waals surface area contributed by atoms with Crippen molar-refractivity contribution in [3.05, 3.63) is 16.1 Å². The minimum atomic E-state index is -0.0141. The van der Waals surface area contributed by atoms with Gasteiger partial charge in [0.15, 0.2) is 0 Å². The smallest absolute Gasteiger partial charge is 0.237 e. The third kappa shape index (κ3) is 5.06. The second-order valence-corrected chi connectivity index (χ2v) is 7.39. The van der Waals surface area contributed by atoms with Crippen LogP contribution >= 0.6 is 11.3 Å². The molecule has 1 unspecified atom stereocenters. The molecule has 0 spiro atoms. The monoisotopic (exact) mass is 323 g/mol. The van der Waals surface area contributed by atoms with Crippen molar-refractivity contribution in [2.24, 2.45) is 0 Å². The van der Waals surface area contributed by atoms with Crippen LogP contribution in [0.2, 0.25) is 0 Å². The fourth-order valence-corrected chi connectivity index (χ4v) is 3.68. The molecule has 0 aliphatic carbocycles. The number of rotatable bonds is 6. The first-order valence-corrected chi connectivity index (χ1v) is 9.42. The Labute approximate surface area is 138 Å². The fraction of sp³-hybridized carbons (Fsp3) is 0.765. The van der Waals surface area contributed by atoms with Crippen LogP contribution in [0.1, 0.15) is 63.1 Å². The standard InChI is InChI=1S/C17H29N3OS/c1-13(2)17-19-15(12-22-17)8-9-18-16(21)14(3)20-10-6-4-5-7-11-20/h12-14H,4-11H2,1-3H3,(H,18,21). The molecule has 1 atom stereocenters. The Morgan fingerprint density at radius 1 is 1.27 bits per heavy atom. The molecule has 2 heterocycles. The summed E-state index contributed by atoms with van der Waals surface area (Å²) in [4.78, 5) is 19.2. The summed E-state index contributed by atoms with van der Waals surface area (Å²) in [6.45, 7) is 9.13. The summed E-state index contributed by atoms with van der Waals surface area (Å²) in [6, 6.07) is -0.0141. The van der Waals surface area contributed by atoms with Gasteiger partial charge in [0.1, 0.15) is 0 Å². The van der Waals surface area contributed by atoms with Gasteiger partial charge < -0.3 is 5.32 Å². The summed E-state index contributed by atoms with van der Waals surface area (Å²) in [5.41, 5.74) is 1.09. The van der Waals surface area contributed by atoms with Crippen molar-refractivity contribution in [3.63, 3.8) is 0 Å². The van der Waals surface area contributed by atoms with Gasteiger partial charge >= 0.3 is 0 Å². The summed E-state index contributed by atoms with van der Waals surface area (Å²) in [5.74, 6) is 0.637. The number of hydrogen-bond donors (Lipinski definition) is 1. The molecule has 1 N–H and O–H groups in total. The SMILES string of the molecule is CC(C)c1nc(CCNC(=O)C(C)N2CCCCCC2)cs1. The lowest BCUT2D eigenvalue weighted by Gasteiger charge is -2.26. The number of carbonyl (C=O) groups is 1. The largest absolute Gasteiger partial charge is 0.354 e. The minimum absolute atomic E-state index is 0.0141. The van der Waals surface area contributed by atoms with E-state index in [4.69, 9.17) is 0 Å². The van der Waals surface area contributed by atoms with Crippen LogP contribution in [-0.2, 0) is 11.2 Å². The van der Waals surface area contributed by atoms with Gasteiger partial charge in [0.25, 0.3) is 0 Å². The van der Waals surface area contributed by atoms with Crippen LogP contribution in [0.3, 0.4) is 0 Å². The molecule has 1 amide bonds. The van der Waals surface area contributed by atoms with Crippen molar-refractivity contribution in [3.8, 4) is 0 Å². The van der Waals surface area contributed by atoms with Crippen LogP contribution in [0, 0.1) is 0 Å². The Hall–Kier alpha value is -0.940. The molecule has 1 aromatic rings. The van der Waals surface area contributed by atoms with Crippen LogP contribution < -0.4 is 5.32 Å². The van der Waals surface area contributed by atoms with Gasteiger partial charge in [0, 0.05) is 24.3 Å². The van der Waals surface area contributed by atoms with Crippen molar-refractivity contribution < 1.29 is 4.79 Å². The molecule has 124 valence electrons. The van der Waals surface area contributed by atoms with Crippen LogP contribution in [0.4, 0.5) is 0 Å². The van der Waals surface area contributed by atoms with Gasteiger partial charge in [-0.1, -0.05) is 26.7 Å². The van der Waals surface area contributed by atoms with E-state index < -0.39 is 0 Å². The molecular weight excluding hydrogens is 294 g/mol. The highest BCUT2D eigenvalue weighted by atomic mass is 32.1. The molecule has 0 radical (unpaired) electrons. The molecule has 0 bridgehead atoms. The van der Waals surface area contributed by atoms with Crippen LogP contribution in [0.15, 0.2) is 5.38 Å². The van der Waals surface area contributed by atoms with E-state index in [1.54, 1.807) is 11.3 Å². The Morgan fingerprint density at radius 3 is 2.55 bits per heavy atom. The van der Waals surface area contributed by atoms with Gasteiger partial charge in [-0.05, 0) is 32.9 Å². The van der Waals surface area contributed by atoms with Crippen LogP contribution in [-0.4, -0.2) is 41.5 Å². The maximum Gasteiger partial charge on any atom is 0.237 e. The number of aromatic nitrogens is 1. The minimum Gasteiger partial charge on any atom is -0.354 e. The maximum atomic E-state index is 12.3. The summed E-state index contributed by atoms with van der Waals surface area (Å²) in [6.07, 6.45) is 5.85. The van der Waals surface area contributed by atoms with E-state index in [1.165, 1.54) is 30.7 Å². The van der Waals surface area contributed by atoms with E-state index in [0.29, 0.717) is 12.5 Å². The van der Waals surface area contributed by atoms with E-state index in [2.05, 4.69) is 34.4 Å². The highest BCUT2D eigenvalue weighted by molar-refractivity contribution is 7.09. The van der Waals surface area contributed by atoms with Crippen molar-refractivity contribution in [2.45, 2.75) is 64.8 Å².